The molecule has 0 radical (unpaired) electrons. The first-order valence-electron chi connectivity index (χ1n) is 4.87. The van der Waals surface area contributed by atoms with Crippen LogP contribution in [0.4, 0.5) is 0 Å². The van der Waals surface area contributed by atoms with E-state index in [1.54, 1.807) is 6.08 Å². The molecule has 1 N–H and O–H groups in total. The Hall–Kier alpha value is -1.42. The fourth-order valence-corrected chi connectivity index (χ4v) is 1.32. The molecule has 4 heteroatoms. The van der Waals surface area contributed by atoms with Gasteiger partial charge in [-0.3, -0.25) is 0 Å². The Morgan fingerprint density at radius 1 is 1.67 bits per heavy atom. The number of pyridine rings is 1. The highest BCUT2D eigenvalue weighted by atomic mass is 32.1. The predicted octanol–water partition coefficient (Wildman–Crippen LogP) is 1.47. The molecule has 0 aliphatic carbocycles. The van der Waals surface area contributed by atoms with Crippen LogP contribution in [0.1, 0.15) is 6.92 Å². The van der Waals surface area contributed by atoms with Crippen molar-refractivity contribution in [2.45, 2.75) is 13.5 Å². The minimum atomic E-state index is 0.489. The maximum atomic E-state index is 5.07. The molecule has 0 aliphatic heterocycles. The van der Waals surface area contributed by atoms with E-state index in [-0.39, 0.29) is 0 Å². The highest BCUT2D eigenvalue weighted by molar-refractivity contribution is 7.80. The van der Waals surface area contributed by atoms with E-state index < -0.39 is 0 Å². The SMILES string of the molecule is C=CCNC(=S)N=c1ccccn1CC. The minimum Gasteiger partial charge on any atom is -0.357 e. The molecular weight excluding hydrogens is 206 g/mol. The third-order valence-corrected chi connectivity index (χ3v) is 2.11. The number of nitrogens with one attached hydrogen (secondary N) is 1. The van der Waals surface area contributed by atoms with Crippen LogP contribution in [0.2, 0.25) is 0 Å². The molecule has 80 valence electrons. The third kappa shape index (κ3) is 3.67. The molecule has 1 aromatic rings. The highest BCUT2D eigenvalue weighted by Crippen LogP contribution is 1.82. The lowest BCUT2D eigenvalue weighted by Crippen LogP contribution is -2.26. The van der Waals surface area contributed by atoms with Crippen LogP contribution in [-0.2, 0) is 6.54 Å². The monoisotopic (exact) mass is 221 g/mol. The Kier molecular flexibility index (Phi) is 4.77. The van der Waals surface area contributed by atoms with Gasteiger partial charge in [-0.15, -0.1) is 6.58 Å². The van der Waals surface area contributed by atoms with Crippen molar-refractivity contribution in [3.8, 4) is 0 Å². The average molecular weight is 221 g/mol. The van der Waals surface area contributed by atoms with Crippen molar-refractivity contribution in [3.63, 3.8) is 0 Å². The Morgan fingerprint density at radius 2 is 2.47 bits per heavy atom. The Morgan fingerprint density at radius 3 is 3.13 bits per heavy atom. The van der Waals surface area contributed by atoms with E-state index in [1.165, 1.54) is 0 Å². The lowest BCUT2D eigenvalue weighted by molar-refractivity contribution is 0.714. The smallest absolute Gasteiger partial charge is 0.194 e. The van der Waals surface area contributed by atoms with E-state index in [1.807, 2.05) is 29.0 Å². The molecule has 0 aromatic carbocycles. The standard InChI is InChI=1S/C11H15N3S/c1-3-8-12-11(15)13-10-7-5-6-9-14(10)4-2/h3,5-7,9H,1,4,8H2,2H3,(H,12,15). The van der Waals surface area contributed by atoms with Crippen molar-refractivity contribution in [1.82, 2.24) is 9.88 Å². The summed E-state index contributed by atoms with van der Waals surface area (Å²) in [5.74, 6) is 0. The van der Waals surface area contributed by atoms with Crippen LogP contribution in [-0.4, -0.2) is 16.2 Å². The molecule has 0 spiro atoms. The number of hydrogen-bond donors (Lipinski definition) is 1. The van der Waals surface area contributed by atoms with Gasteiger partial charge in [0.2, 0.25) is 0 Å². The van der Waals surface area contributed by atoms with Crippen LogP contribution < -0.4 is 10.8 Å². The largest absolute Gasteiger partial charge is 0.357 e. The van der Waals surface area contributed by atoms with Gasteiger partial charge < -0.3 is 9.88 Å². The summed E-state index contributed by atoms with van der Waals surface area (Å²) in [5, 5.41) is 3.45. The number of aromatic nitrogens is 1. The molecule has 1 heterocycles. The molecule has 1 rings (SSSR count). The number of hydrogen-bond acceptors (Lipinski definition) is 1. The first-order chi connectivity index (χ1) is 7.27. The van der Waals surface area contributed by atoms with Gasteiger partial charge in [-0.05, 0) is 31.3 Å². The quantitative estimate of drug-likeness (QED) is 0.618. The van der Waals surface area contributed by atoms with Gasteiger partial charge in [0.15, 0.2) is 5.11 Å². The molecule has 0 aliphatic rings. The summed E-state index contributed by atoms with van der Waals surface area (Å²) in [6.45, 7) is 7.19. The summed E-state index contributed by atoms with van der Waals surface area (Å²) >= 11 is 5.07. The number of rotatable bonds is 3. The predicted molar refractivity (Wildman–Crippen MR) is 66.5 cm³/mol. The Balaban J connectivity index is 2.88. The Labute approximate surface area is 95.2 Å². The van der Waals surface area contributed by atoms with E-state index in [0.717, 1.165) is 12.0 Å². The maximum Gasteiger partial charge on any atom is 0.194 e. The van der Waals surface area contributed by atoms with Crippen LogP contribution in [0.25, 0.3) is 0 Å². The first-order valence-corrected chi connectivity index (χ1v) is 5.27. The van der Waals surface area contributed by atoms with E-state index in [9.17, 15) is 0 Å². The minimum absolute atomic E-state index is 0.489. The zero-order valence-electron chi connectivity index (χ0n) is 8.81. The van der Waals surface area contributed by atoms with Gasteiger partial charge in [0.1, 0.15) is 5.49 Å². The molecule has 15 heavy (non-hydrogen) atoms. The summed E-state index contributed by atoms with van der Waals surface area (Å²) in [5.41, 5.74) is 0.863. The lowest BCUT2D eigenvalue weighted by atomic mass is 10.4. The summed E-state index contributed by atoms with van der Waals surface area (Å²) in [4.78, 5) is 4.30. The van der Waals surface area contributed by atoms with Crippen LogP contribution in [0.3, 0.4) is 0 Å². The summed E-state index contributed by atoms with van der Waals surface area (Å²) < 4.78 is 2.03. The van der Waals surface area contributed by atoms with Gasteiger partial charge in [-0.2, -0.15) is 0 Å². The van der Waals surface area contributed by atoms with Crippen LogP contribution >= 0.6 is 12.2 Å². The summed E-state index contributed by atoms with van der Waals surface area (Å²) in [7, 11) is 0. The van der Waals surface area contributed by atoms with Gasteiger partial charge in [-0.1, -0.05) is 12.1 Å². The van der Waals surface area contributed by atoms with Gasteiger partial charge in [0.05, 0.1) is 0 Å². The molecule has 0 amide bonds. The fourth-order valence-electron chi connectivity index (χ4n) is 1.14. The van der Waals surface area contributed by atoms with Gasteiger partial charge in [0, 0.05) is 19.3 Å². The topological polar surface area (TPSA) is 29.3 Å². The molecule has 0 saturated heterocycles. The third-order valence-electron chi connectivity index (χ3n) is 1.87. The zero-order chi connectivity index (χ0) is 11.1. The Bertz CT molecular complexity index is 406. The second kappa shape index (κ2) is 6.14. The average Bonchev–Trinajstić information content (AvgIpc) is 2.27. The van der Waals surface area contributed by atoms with Crippen LogP contribution in [0.15, 0.2) is 42.0 Å². The van der Waals surface area contributed by atoms with Crippen molar-refractivity contribution in [2.75, 3.05) is 6.54 Å². The number of thiocarbonyl (C=S) groups is 1. The van der Waals surface area contributed by atoms with E-state index >= 15 is 0 Å². The van der Waals surface area contributed by atoms with Crippen LogP contribution in [0.5, 0.6) is 0 Å². The van der Waals surface area contributed by atoms with Crippen molar-refractivity contribution < 1.29 is 0 Å². The number of aryl methyl sites for hydroxylation is 1. The fraction of sp³-hybridized carbons (Fsp3) is 0.273. The molecule has 0 bridgehead atoms. The zero-order valence-corrected chi connectivity index (χ0v) is 9.63. The van der Waals surface area contributed by atoms with E-state index in [0.29, 0.717) is 11.7 Å². The van der Waals surface area contributed by atoms with Gasteiger partial charge >= 0.3 is 0 Å². The van der Waals surface area contributed by atoms with Crippen molar-refractivity contribution >= 4 is 17.3 Å². The summed E-state index contributed by atoms with van der Waals surface area (Å²) in [6, 6.07) is 5.86. The molecular formula is C11H15N3S. The van der Waals surface area contributed by atoms with E-state index in [4.69, 9.17) is 12.2 Å². The number of nitrogens with zero attached hydrogens (tertiary/aromatic N) is 2. The normalized spacial score (nSPS) is 11.1. The molecule has 1 aromatic heterocycles. The second-order valence-corrected chi connectivity index (χ2v) is 3.32. The highest BCUT2D eigenvalue weighted by Gasteiger charge is 1.91. The van der Waals surface area contributed by atoms with Crippen molar-refractivity contribution in [2.24, 2.45) is 4.99 Å². The van der Waals surface area contributed by atoms with Gasteiger partial charge in [-0.25, -0.2) is 4.99 Å². The molecule has 0 saturated carbocycles. The van der Waals surface area contributed by atoms with Crippen LogP contribution in [0, 0.1) is 0 Å². The van der Waals surface area contributed by atoms with Gasteiger partial charge in [0.25, 0.3) is 0 Å². The lowest BCUT2D eigenvalue weighted by Gasteiger charge is -2.03. The molecule has 0 atom stereocenters. The van der Waals surface area contributed by atoms with Crippen molar-refractivity contribution in [3.05, 3.63) is 42.5 Å². The summed E-state index contributed by atoms with van der Waals surface area (Å²) in [6.07, 6.45) is 3.73. The van der Waals surface area contributed by atoms with Crippen molar-refractivity contribution in [1.29, 1.82) is 0 Å². The first kappa shape index (κ1) is 11.7. The van der Waals surface area contributed by atoms with E-state index in [2.05, 4.69) is 23.8 Å². The molecule has 0 fully saturated rings. The second-order valence-electron chi connectivity index (χ2n) is 2.93. The maximum absolute atomic E-state index is 5.07. The molecule has 3 nitrogen and oxygen atoms in total. The molecule has 0 unspecified atom stereocenters.